The van der Waals surface area contributed by atoms with E-state index in [9.17, 15) is 19.0 Å². The molecule has 0 spiro atoms. The SMILES string of the molecule is CC(C)(C)c1cccc(C2(NCC(O)CN(Cc3cc(F)cc(F)c3)c3cncc(I)c3O)CCCCC2)c1. The first-order valence-corrected chi connectivity index (χ1v) is 14.6. The second kappa shape index (κ2) is 12.5. The van der Waals surface area contributed by atoms with Crippen LogP contribution in [-0.2, 0) is 17.5 Å². The van der Waals surface area contributed by atoms with E-state index in [1.54, 1.807) is 4.90 Å². The van der Waals surface area contributed by atoms with E-state index >= 15 is 0 Å². The maximum absolute atomic E-state index is 13.9. The van der Waals surface area contributed by atoms with E-state index in [1.165, 1.54) is 42.1 Å². The minimum absolute atomic E-state index is 0.0189. The highest BCUT2D eigenvalue weighted by Gasteiger charge is 2.35. The van der Waals surface area contributed by atoms with Gasteiger partial charge < -0.3 is 20.4 Å². The van der Waals surface area contributed by atoms with E-state index in [-0.39, 0.29) is 29.8 Å². The molecule has 0 aliphatic heterocycles. The normalized spacial score (nSPS) is 16.2. The van der Waals surface area contributed by atoms with Gasteiger partial charge in [0.15, 0.2) is 5.75 Å². The number of hydrogen-bond acceptors (Lipinski definition) is 5. The van der Waals surface area contributed by atoms with Crippen LogP contribution in [0, 0.1) is 15.2 Å². The summed E-state index contributed by atoms with van der Waals surface area (Å²) in [5, 5.41) is 25.7. The molecule has 1 aromatic heterocycles. The average molecular weight is 650 g/mol. The van der Waals surface area contributed by atoms with Gasteiger partial charge in [-0.2, -0.15) is 0 Å². The number of nitrogens with one attached hydrogen (secondary N) is 1. The summed E-state index contributed by atoms with van der Waals surface area (Å²) in [6.07, 6.45) is 7.63. The molecule has 1 heterocycles. The van der Waals surface area contributed by atoms with Crippen molar-refractivity contribution in [2.45, 2.75) is 76.5 Å². The minimum atomic E-state index is -0.815. The van der Waals surface area contributed by atoms with Gasteiger partial charge >= 0.3 is 0 Å². The van der Waals surface area contributed by atoms with Gasteiger partial charge in [0.2, 0.25) is 0 Å². The molecule has 8 heteroatoms. The molecule has 3 N–H and O–H groups in total. The molecule has 4 rings (SSSR count). The number of hydrogen-bond donors (Lipinski definition) is 3. The zero-order valence-corrected chi connectivity index (χ0v) is 25.0. The second-order valence-electron chi connectivity index (χ2n) is 11.7. The molecule has 0 amide bonds. The summed E-state index contributed by atoms with van der Waals surface area (Å²) >= 11 is 1.99. The number of aromatic nitrogens is 1. The first-order valence-electron chi connectivity index (χ1n) is 13.5. The van der Waals surface area contributed by atoms with E-state index in [2.05, 4.69) is 55.3 Å². The molecule has 1 atom stereocenters. The summed E-state index contributed by atoms with van der Waals surface area (Å²) < 4.78 is 28.4. The molecule has 0 saturated heterocycles. The maximum Gasteiger partial charge on any atom is 0.155 e. The fraction of sp³-hybridized carbons (Fsp3) is 0.452. The number of benzene rings is 2. The minimum Gasteiger partial charge on any atom is -0.505 e. The van der Waals surface area contributed by atoms with Crippen molar-refractivity contribution in [3.05, 3.63) is 86.8 Å². The van der Waals surface area contributed by atoms with Crippen LogP contribution < -0.4 is 10.2 Å². The van der Waals surface area contributed by atoms with Gasteiger partial charge in [0.1, 0.15) is 11.6 Å². The van der Waals surface area contributed by atoms with Crippen LogP contribution in [0.2, 0.25) is 0 Å². The lowest BCUT2D eigenvalue weighted by molar-refractivity contribution is 0.142. The Morgan fingerprint density at radius 3 is 2.41 bits per heavy atom. The lowest BCUT2D eigenvalue weighted by Gasteiger charge is -2.40. The largest absolute Gasteiger partial charge is 0.505 e. The van der Waals surface area contributed by atoms with Crippen molar-refractivity contribution in [2.75, 3.05) is 18.0 Å². The Hall–Kier alpha value is -2.30. The standard InChI is InChI=1S/C31H38F2IN3O2/c1-30(2,3)22-8-7-9-23(14-22)31(10-5-4-6-11-31)36-16-26(38)20-37(28-18-35-17-27(34)29(28)39)19-21-12-24(32)15-25(33)13-21/h7-9,12-15,17-18,26,36,38H,4-6,10-11,16,19-20H2,1-3H3,(H,35,39). The molecule has 1 unspecified atom stereocenters. The van der Waals surface area contributed by atoms with Crippen molar-refractivity contribution in [3.8, 4) is 5.75 Å². The highest BCUT2D eigenvalue weighted by atomic mass is 127. The molecule has 5 nitrogen and oxygen atoms in total. The molecular weight excluding hydrogens is 611 g/mol. The van der Waals surface area contributed by atoms with E-state index in [0.717, 1.165) is 31.7 Å². The van der Waals surface area contributed by atoms with Gasteiger partial charge in [0.05, 0.1) is 21.6 Å². The molecule has 0 radical (unpaired) electrons. The molecule has 2 aromatic carbocycles. The van der Waals surface area contributed by atoms with Crippen LogP contribution in [-0.4, -0.2) is 34.4 Å². The van der Waals surface area contributed by atoms with Crippen molar-refractivity contribution < 1.29 is 19.0 Å². The average Bonchev–Trinajstić information content (AvgIpc) is 2.88. The highest BCUT2D eigenvalue weighted by molar-refractivity contribution is 14.1. The van der Waals surface area contributed by atoms with Crippen LogP contribution in [0.3, 0.4) is 0 Å². The monoisotopic (exact) mass is 649 g/mol. The molecule has 1 aliphatic rings. The molecule has 39 heavy (non-hydrogen) atoms. The van der Waals surface area contributed by atoms with Gasteiger partial charge in [-0.05, 0) is 69.7 Å². The van der Waals surface area contributed by atoms with Gasteiger partial charge in [0.25, 0.3) is 0 Å². The van der Waals surface area contributed by atoms with Crippen molar-refractivity contribution in [1.29, 1.82) is 0 Å². The Kier molecular flexibility index (Phi) is 9.49. The fourth-order valence-corrected chi connectivity index (χ4v) is 5.90. The van der Waals surface area contributed by atoms with E-state index in [0.29, 0.717) is 21.4 Å². The van der Waals surface area contributed by atoms with Crippen molar-refractivity contribution in [2.24, 2.45) is 0 Å². The lowest BCUT2D eigenvalue weighted by atomic mass is 9.74. The third-order valence-electron chi connectivity index (χ3n) is 7.59. The number of anilines is 1. The van der Waals surface area contributed by atoms with Crippen LogP contribution in [0.1, 0.15) is 69.6 Å². The topological polar surface area (TPSA) is 68.6 Å². The summed E-state index contributed by atoms with van der Waals surface area (Å²) in [5.41, 5.74) is 3.12. The maximum atomic E-state index is 13.9. The summed E-state index contributed by atoms with van der Waals surface area (Å²) in [6, 6.07) is 12.1. The number of aliphatic hydroxyl groups is 1. The second-order valence-corrected chi connectivity index (χ2v) is 12.8. The smallest absolute Gasteiger partial charge is 0.155 e. The van der Waals surface area contributed by atoms with Gasteiger partial charge in [0, 0.05) is 37.4 Å². The first kappa shape index (κ1) is 29.7. The summed E-state index contributed by atoms with van der Waals surface area (Å²) in [7, 11) is 0. The fourth-order valence-electron chi connectivity index (χ4n) is 5.46. The van der Waals surface area contributed by atoms with Gasteiger partial charge in [-0.3, -0.25) is 4.98 Å². The number of halogens is 3. The number of pyridine rings is 1. The van der Waals surface area contributed by atoms with Crippen molar-refractivity contribution >= 4 is 28.3 Å². The number of aromatic hydroxyl groups is 1. The Morgan fingerprint density at radius 1 is 1.05 bits per heavy atom. The molecular formula is C31H38F2IN3O2. The Bertz CT molecular complexity index is 1250. The zero-order valence-electron chi connectivity index (χ0n) is 22.9. The molecule has 3 aromatic rings. The van der Waals surface area contributed by atoms with Crippen LogP contribution >= 0.6 is 22.6 Å². The first-order chi connectivity index (χ1) is 18.5. The third-order valence-corrected chi connectivity index (χ3v) is 8.37. The summed E-state index contributed by atoms with van der Waals surface area (Å²) in [6.45, 7) is 7.20. The number of nitrogens with zero attached hydrogens (tertiary/aromatic N) is 2. The van der Waals surface area contributed by atoms with E-state index in [4.69, 9.17) is 0 Å². The van der Waals surface area contributed by atoms with Gasteiger partial charge in [-0.25, -0.2) is 8.78 Å². The van der Waals surface area contributed by atoms with Gasteiger partial charge in [-0.1, -0.05) is 64.3 Å². The zero-order chi connectivity index (χ0) is 28.2. The predicted octanol–water partition coefficient (Wildman–Crippen LogP) is 6.78. The van der Waals surface area contributed by atoms with Gasteiger partial charge in [-0.15, -0.1) is 0 Å². The van der Waals surface area contributed by atoms with E-state index in [1.807, 2.05) is 22.6 Å². The van der Waals surface area contributed by atoms with Crippen molar-refractivity contribution in [1.82, 2.24) is 10.3 Å². The molecule has 1 fully saturated rings. The van der Waals surface area contributed by atoms with Crippen LogP contribution in [0.15, 0.2) is 54.9 Å². The lowest BCUT2D eigenvalue weighted by Crippen LogP contribution is -2.49. The summed E-state index contributed by atoms with van der Waals surface area (Å²) in [4.78, 5) is 5.91. The predicted molar refractivity (Wildman–Crippen MR) is 160 cm³/mol. The number of aliphatic hydroxyl groups excluding tert-OH is 1. The van der Waals surface area contributed by atoms with E-state index < -0.39 is 17.7 Å². The molecule has 1 saturated carbocycles. The summed E-state index contributed by atoms with van der Waals surface area (Å²) in [5.74, 6) is -1.33. The Balaban J connectivity index is 1.56. The quantitative estimate of drug-likeness (QED) is 0.223. The highest BCUT2D eigenvalue weighted by Crippen LogP contribution is 2.39. The Labute approximate surface area is 243 Å². The molecule has 1 aliphatic carbocycles. The molecule has 0 bridgehead atoms. The van der Waals surface area contributed by atoms with Crippen LogP contribution in [0.5, 0.6) is 5.75 Å². The third kappa shape index (κ3) is 7.46. The number of rotatable bonds is 9. The Morgan fingerprint density at radius 2 is 1.74 bits per heavy atom. The van der Waals surface area contributed by atoms with Crippen LogP contribution in [0.25, 0.3) is 0 Å². The molecule has 210 valence electrons. The van der Waals surface area contributed by atoms with Crippen LogP contribution in [0.4, 0.5) is 14.5 Å². The van der Waals surface area contributed by atoms with Crippen molar-refractivity contribution in [3.63, 3.8) is 0 Å².